The van der Waals surface area contributed by atoms with Crippen LogP contribution in [-0.4, -0.2) is 19.0 Å². The molecule has 1 unspecified atom stereocenters. The highest BCUT2D eigenvalue weighted by atomic mass is 35.5. The highest BCUT2D eigenvalue weighted by Crippen LogP contribution is 2.26. The SMILES string of the molecule is Cc1nnc(CS(=O)Cc2c(Cl)cccc2Cl)n1C. The van der Waals surface area contributed by atoms with Crippen LogP contribution in [-0.2, 0) is 29.4 Å². The first-order valence-electron chi connectivity index (χ1n) is 5.61. The molecule has 2 aromatic rings. The van der Waals surface area contributed by atoms with Gasteiger partial charge in [-0.1, -0.05) is 29.3 Å². The van der Waals surface area contributed by atoms with E-state index in [9.17, 15) is 4.21 Å². The molecule has 0 spiro atoms. The number of nitrogens with zero attached hydrogens (tertiary/aromatic N) is 3. The van der Waals surface area contributed by atoms with Crippen LogP contribution < -0.4 is 0 Å². The van der Waals surface area contributed by atoms with Crippen LogP contribution in [0.25, 0.3) is 0 Å². The van der Waals surface area contributed by atoms with Crippen LogP contribution in [0, 0.1) is 6.92 Å². The molecule has 0 saturated heterocycles. The van der Waals surface area contributed by atoms with Gasteiger partial charge < -0.3 is 4.57 Å². The molecule has 19 heavy (non-hydrogen) atoms. The first-order valence-corrected chi connectivity index (χ1v) is 7.86. The number of benzene rings is 1. The van der Waals surface area contributed by atoms with E-state index in [-0.39, 0.29) is 0 Å². The Balaban J connectivity index is 2.12. The van der Waals surface area contributed by atoms with E-state index in [4.69, 9.17) is 23.2 Å². The van der Waals surface area contributed by atoms with Crippen LogP contribution in [0.15, 0.2) is 18.2 Å². The van der Waals surface area contributed by atoms with E-state index in [1.54, 1.807) is 18.2 Å². The molecule has 0 bridgehead atoms. The van der Waals surface area contributed by atoms with Crippen molar-refractivity contribution in [3.8, 4) is 0 Å². The van der Waals surface area contributed by atoms with E-state index in [2.05, 4.69) is 10.2 Å². The lowest BCUT2D eigenvalue weighted by Crippen LogP contribution is -2.06. The summed E-state index contributed by atoms with van der Waals surface area (Å²) in [6, 6.07) is 5.25. The molecule has 1 aromatic carbocycles. The molecule has 0 aliphatic carbocycles. The molecule has 0 aliphatic rings. The largest absolute Gasteiger partial charge is 0.318 e. The van der Waals surface area contributed by atoms with Gasteiger partial charge in [-0.2, -0.15) is 0 Å². The second-order valence-electron chi connectivity index (χ2n) is 4.15. The fourth-order valence-corrected chi connectivity index (χ4v) is 3.57. The number of rotatable bonds is 4. The molecule has 1 atom stereocenters. The van der Waals surface area contributed by atoms with Gasteiger partial charge >= 0.3 is 0 Å². The average Bonchev–Trinajstić information content (AvgIpc) is 2.66. The van der Waals surface area contributed by atoms with Crippen molar-refractivity contribution in [3.63, 3.8) is 0 Å². The molecule has 2 rings (SSSR count). The fraction of sp³-hybridized carbons (Fsp3) is 0.333. The van der Waals surface area contributed by atoms with Crippen molar-refractivity contribution in [1.82, 2.24) is 14.8 Å². The third-order valence-electron chi connectivity index (χ3n) is 2.84. The van der Waals surface area contributed by atoms with E-state index in [0.29, 0.717) is 32.9 Å². The van der Waals surface area contributed by atoms with Gasteiger partial charge in [0.1, 0.15) is 11.6 Å². The quantitative estimate of drug-likeness (QED) is 0.871. The molecule has 1 heterocycles. The van der Waals surface area contributed by atoms with Crippen molar-refractivity contribution < 1.29 is 4.21 Å². The zero-order valence-electron chi connectivity index (χ0n) is 10.6. The van der Waals surface area contributed by atoms with Crippen molar-refractivity contribution in [3.05, 3.63) is 45.5 Å². The highest BCUT2D eigenvalue weighted by Gasteiger charge is 2.13. The van der Waals surface area contributed by atoms with Crippen molar-refractivity contribution in [2.75, 3.05) is 0 Å². The molecule has 0 aliphatic heterocycles. The third kappa shape index (κ3) is 3.35. The lowest BCUT2D eigenvalue weighted by atomic mass is 10.2. The first kappa shape index (κ1) is 14.5. The summed E-state index contributed by atoms with van der Waals surface area (Å²) >= 11 is 12.1. The highest BCUT2D eigenvalue weighted by molar-refractivity contribution is 7.83. The van der Waals surface area contributed by atoms with E-state index in [0.717, 1.165) is 5.82 Å². The normalized spacial score (nSPS) is 12.6. The average molecular weight is 318 g/mol. The van der Waals surface area contributed by atoms with Gasteiger partial charge in [0.15, 0.2) is 0 Å². The summed E-state index contributed by atoms with van der Waals surface area (Å²) in [4.78, 5) is 0. The van der Waals surface area contributed by atoms with Crippen molar-refractivity contribution >= 4 is 34.0 Å². The lowest BCUT2D eigenvalue weighted by molar-refractivity contribution is 0.678. The summed E-state index contributed by atoms with van der Waals surface area (Å²) < 4.78 is 14.0. The Kier molecular flexibility index (Phi) is 4.60. The zero-order valence-corrected chi connectivity index (χ0v) is 12.9. The molecule has 7 heteroatoms. The molecule has 0 N–H and O–H groups in total. The van der Waals surface area contributed by atoms with Gasteiger partial charge in [0.2, 0.25) is 0 Å². The minimum atomic E-state index is -1.13. The third-order valence-corrected chi connectivity index (χ3v) is 4.74. The smallest absolute Gasteiger partial charge is 0.145 e. The van der Waals surface area contributed by atoms with E-state index in [1.807, 2.05) is 18.5 Å². The van der Waals surface area contributed by atoms with Gasteiger partial charge in [-0.05, 0) is 19.1 Å². The molecule has 0 amide bonds. The van der Waals surface area contributed by atoms with Crippen LogP contribution in [0.2, 0.25) is 10.0 Å². The number of hydrogen-bond acceptors (Lipinski definition) is 3. The van der Waals surface area contributed by atoms with Crippen LogP contribution in [0.4, 0.5) is 0 Å². The van der Waals surface area contributed by atoms with E-state index in [1.165, 1.54) is 0 Å². The summed E-state index contributed by atoms with van der Waals surface area (Å²) in [6.07, 6.45) is 0. The standard InChI is InChI=1S/C12H13Cl2N3OS/c1-8-15-16-12(17(8)2)7-19(18)6-9-10(13)4-3-5-11(9)14/h3-5H,6-7H2,1-2H3. The van der Waals surface area contributed by atoms with Crippen molar-refractivity contribution in [1.29, 1.82) is 0 Å². The second-order valence-corrected chi connectivity index (χ2v) is 6.42. The fourth-order valence-electron chi connectivity index (χ4n) is 1.60. The predicted octanol–water partition coefficient (Wildman–Crippen LogP) is 2.88. The van der Waals surface area contributed by atoms with Gasteiger partial charge in [0.05, 0.1) is 11.5 Å². The van der Waals surface area contributed by atoms with E-state index < -0.39 is 10.8 Å². The van der Waals surface area contributed by atoms with Crippen LogP contribution >= 0.6 is 23.2 Å². The van der Waals surface area contributed by atoms with Gasteiger partial charge in [0.25, 0.3) is 0 Å². The second kappa shape index (κ2) is 6.03. The van der Waals surface area contributed by atoms with Gasteiger partial charge in [-0.25, -0.2) is 0 Å². The van der Waals surface area contributed by atoms with Crippen molar-refractivity contribution in [2.45, 2.75) is 18.4 Å². The number of hydrogen-bond donors (Lipinski definition) is 0. The number of halogens is 2. The van der Waals surface area contributed by atoms with Crippen LogP contribution in [0.1, 0.15) is 17.2 Å². The van der Waals surface area contributed by atoms with Crippen LogP contribution in [0.3, 0.4) is 0 Å². The number of aryl methyl sites for hydroxylation is 1. The topological polar surface area (TPSA) is 47.8 Å². The Hall–Kier alpha value is -0.910. The molecular formula is C12H13Cl2N3OS. The summed E-state index contributed by atoms with van der Waals surface area (Å²) in [6.45, 7) is 1.85. The van der Waals surface area contributed by atoms with Gasteiger partial charge in [0, 0.05) is 33.5 Å². The molecule has 4 nitrogen and oxygen atoms in total. The summed E-state index contributed by atoms with van der Waals surface area (Å²) in [5.74, 6) is 2.13. The summed E-state index contributed by atoms with van der Waals surface area (Å²) in [5, 5.41) is 9.01. The Morgan fingerprint density at radius 2 is 1.84 bits per heavy atom. The minimum absolute atomic E-state index is 0.310. The molecule has 1 aromatic heterocycles. The Labute approximate surface area is 124 Å². The molecule has 0 radical (unpaired) electrons. The Bertz CT molecular complexity index is 607. The molecular weight excluding hydrogens is 305 g/mol. The Morgan fingerprint density at radius 1 is 1.21 bits per heavy atom. The van der Waals surface area contributed by atoms with Gasteiger partial charge in [-0.3, -0.25) is 4.21 Å². The summed E-state index contributed by atoms with van der Waals surface area (Å²) in [7, 11) is 0.720. The van der Waals surface area contributed by atoms with Crippen LogP contribution in [0.5, 0.6) is 0 Å². The monoisotopic (exact) mass is 317 g/mol. The van der Waals surface area contributed by atoms with Gasteiger partial charge in [-0.15, -0.1) is 10.2 Å². The lowest BCUT2D eigenvalue weighted by Gasteiger charge is -2.07. The maximum Gasteiger partial charge on any atom is 0.145 e. The maximum absolute atomic E-state index is 12.2. The van der Waals surface area contributed by atoms with Crippen molar-refractivity contribution in [2.24, 2.45) is 7.05 Å². The first-order chi connectivity index (χ1) is 8.99. The zero-order chi connectivity index (χ0) is 14.0. The summed E-state index contributed by atoms with van der Waals surface area (Å²) in [5.41, 5.74) is 0.711. The Morgan fingerprint density at radius 3 is 2.37 bits per heavy atom. The van der Waals surface area contributed by atoms with E-state index >= 15 is 0 Å². The maximum atomic E-state index is 12.2. The predicted molar refractivity (Wildman–Crippen MR) is 77.8 cm³/mol. The minimum Gasteiger partial charge on any atom is -0.318 e. The number of aromatic nitrogens is 3. The molecule has 0 fully saturated rings. The molecule has 102 valence electrons. The molecule has 0 saturated carbocycles.